The number of benzene rings is 1. The number of hydrogen-bond donors (Lipinski definition) is 0. The molecule has 28 heavy (non-hydrogen) atoms. The number of ether oxygens (including phenoxy) is 2. The van der Waals surface area contributed by atoms with Crippen LogP contribution in [-0.2, 0) is 16.1 Å². The van der Waals surface area contributed by atoms with E-state index in [0.29, 0.717) is 11.4 Å². The van der Waals surface area contributed by atoms with Crippen molar-refractivity contribution in [2.24, 2.45) is 0 Å². The smallest absolute Gasteiger partial charge is 0.306 e. The topological polar surface area (TPSA) is 91.5 Å². The van der Waals surface area contributed by atoms with Crippen LogP contribution in [0.25, 0.3) is 11.4 Å². The summed E-state index contributed by atoms with van der Waals surface area (Å²) in [6.45, 7) is 3.72. The number of hydrogen-bond acceptors (Lipinski definition) is 8. The summed E-state index contributed by atoms with van der Waals surface area (Å²) in [5.41, 5.74) is 1.44. The van der Waals surface area contributed by atoms with E-state index < -0.39 is 5.97 Å². The van der Waals surface area contributed by atoms with E-state index in [1.807, 2.05) is 19.9 Å². The fourth-order valence-corrected chi connectivity index (χ4v) is 3.59. The van der Waals surface area contributed by atoms with Crippen molar-refractivity contribution in [1.82, 2.24) is 10.1 Å². The lowest BCUT2D eigenvalue weighted by Crippen LogP contribution is -2.08. The lowest BCUT2D eigenvalue weighted by atomic mass is 10.1. The third-order valence-corrected chi connectivity index (χ3v) is 5.04. The standard InChI is InChI=1S/C20H20N2O5S/c1-12-10-16(13(2)28-12)17(23)8-9-19(24)26-11-18-21-20(22-27-18)14-4-6-15(25-3)7-5-14/h4-7,10H,8-9,11H2,1-3H3. The van der Waals surface area contributed by atoms with Crippen LogP contribution in [0, 0.1) is 13.8 Å². The lowest BCUT2D eigenvalue weighted by Gasteiger charge is -2.02. The predicted molar refractivity (Wildman–Crippen MR) is 103 cm³/mol. The molecule has 0 aliphatic heterocycles. The molecule has 0 aliphatic carbocycles. The molecule has 3 rings (SSSR count). The Hall–Kier alpha value is -3.00. The minimum atomic E-state index is -0.484. The molecule has 0 N–H and O–H groups in total. The van der Waals surface area contributed by atoms with Crippen LogP contribution < -0.4 is 4.74 Å². The molecule has 0 unspecified atom stereocenters. The number of rotatable bonds is 8. The van der Waals surface area contributed by atoms with Crippen LogP contribution in [-0.4, -0.2) is 29.0 Å². The Morgan fingerprint density at radius 2 is 1.89 bits per heavy atom. The summed E-state index contributed by atoms with van der Waals surface area (Å²) in [7, 11) is 1.59. The Morgan fingerprint density at radius 3 is 2.54 bits per heavy atom. The summed E-state index contributed by atoms with van der Waals surface area (Å²) in [5.74, 6) is 0.770. The van der Waals surface area contributed by atoms with Crippen LogP contribution in [0.4, 0.5) is 0 Å². The van der Waals surface area contributed by atoms with Gasteiger partial charge in [-0.05, 0) is 44.2 Å². The number of esters is 1. The molecule has 0 saturated heterocycles. The number of aromatic nitrogens is 2. The average Bonchev–Trinajstić information content (AvgIpc) is 3.30. The summed E-state index contributed by atoms with van der Waals surface area (Å²) in [6, 6.07) is 9.05. The number of nitrogens with zero attached hydrogens (tertiary/aromatic N) is 2. The Bertz CT molecular complexity index is 975. The van der Waals surface area contributed by atoms with Gasteiger partial charge in [-0.2, -0.15) is 4.98 Å². The van der Waals surface area contributed by atoms with Gasteiger partial charge in [0.2, 0.25) is 5.82 Å². The van der Waals surface area contributed by atoms with Gasteiger partial charge in [-0.25, -0.2) is 0 Å². The largest absolute Gasteiger partial charge is 0.497 e. The van der Waals surface area contributed by atoms with E-state index in [-0.39, 0.29) is 31.1 Å². The minimum Gasteiger partial charge on any atom is -0.497 e. The van der Waals surface area contributed by atoms with Gasteiger partial charge >= 0.3 is 5.97 Å². The highest BCUT2D eigenvalue weighted by molar-refractivity contribution is 7.12. The molecular weight excluding hydrogens is 380 g/mol. The van der Waals surface area contributed by atoms with Gasteiger partial charge in [-0.1, -0.05) is 5.16 Å². The van der Waals surface area contributed by atoms with Gasteiger partial charge < -0.3 is 14.0 Å². The molecule has 0 amide bonds. The Balaban J connectivity index is 1.49. The quantitative estimate of drug-likeness (QED) is 0.415. The van der Waals surface area contributed by atoms with Gasteiger partial charge in [0.05, 0.1) is 13.5 Å². The van der Waals surface area contributed by atoms with Crippen molar-refractivity contribution in [3.8, 4) is 17.1 Å². The van der Waals surface area contributed by atoms with E-state index in [9.17, 15) is 9.59 Å². The van der Waals surface area contributed by atoms with Crippen molar-refractivity contribution in [2.45, 2.75) is 33.3 Å². The van der Waals surface area contributed by atoms with Crippen molar-refractivity contribution in [3.05, 3.63) is 51.5 Å². The fraction of sp³-hybridized carbons (Fsp3) is 0.300. The molecule has 0 spiro atoms. The zero-order chi connectivity index (χ0) is 20.1. The molecule has 0 fully saturated rings. The summed E-state index contributed by atoms with van der Waals surface area (Å²) in [4.78, 5) is 30.4. The Morgan fingerprint density at radius 1 is 1.14 bits per heavy atom. The summed E-state index contributed by atoms with van der Waals surface area (Å²) in [6.07, 6.45) is 0.115. The van der Waals surface area contributed by atoms with E-state index in [2.05, 4.69) is 10.1 Å². The molecule has 8 heteroatoms. The molecule has 0 radical (unpaired) electrons. The first-order valence-corrected chi connectivity index (χ1v) is 9.51. The summed E-state index contributed by atoms with van der Waals surface area (Å²) >= 11 is 1.57. The maximum atomic E-state index is 12.2. The van der Waals surface area contributed by atoms with Crippen molar-refractivity contribution < 1.29 is 23.6 Å². The zero-order valence-electron chi connectivity index (χ0n) is 15.9. The highest BCUT2D eigenvalue weighted by Crippen LogP contribution is 2.22. The Kier molecular flexibility index (Phi) is 6.20. The number of carbonyl (C=O) groups is 2. The summed E-state index contributed by atoms with van der Waals surface area (Å²) < 4.78 is 15.3. The van der Waals surface area contributed by atoms with Crippen molar-refractivity contribution in [3.63, 3.8) is 0 Å². The van der Waals surface area contributed by atoms with Gasteiger partial charge in [0, 0.05) is 27.3 Å². The molecule has 0 bridgehead atoms. The number of carbonyl (C=O) groups excluding carboxylic acids is 2. The van der Waals surface area contributed by atoms with E-state index in [1.165, 1.54) is 0 Å². The average molecular weight is 400 g/mol. The van der Waals surface area contributed by atoms with Gasteiger partial charge in [0.15, 0.2) is 12.4 Å². The second kappa shape index (κ2) is 8.79. The molecule has 0 atom stereocenters. The van der Waals surface area contributed by atoms with Crippen LogP contribution in [0.2, 0.25) is 0 Å². The van der Waals surface area contributed by atoms with Gasteiger partial charge in [0.1, 0.15) is 5.75 Å². The second-order valence-corrected chi connectivity index (χ2v) is 7.61. The van der Waals surface area contributed by atoms with Crippen LogP contribution in [0.1, 0.15) is 38.8 Å². The van der Waals surface area contributed by atoms with E-state index >= 15 is 0 Å². The normalized spacial score (nSPS) is 10.7. The van der Waals surface area contributed by atoms with E-state index in [4.69, 9.17) is 14.0 Å². The molecule has 1 aromatic carbocycles. The number of aryl methyl sites for hydroxylation is 2. The first kappa shape index (κ1) is 19.8. The van der Waals surface area contributed by atoms with Crippen molar-refractivity contribution >= 4 is 23.1 Å². The van der Waals surface area contributed by atoms with Crippen LogP contribution in [0.15, 0.2) is 34.9 Å². The van der Waals surface area contributed by atoms with E-state index in [1.54, 1.807) is 42.7 Å². The minimum absolute atomic E-state index is 0.00659. The molecule has 2 aromatic heterocycles. The number of ketones is 1. The van der Waals surface area contributed by atoms with E-state index in [0.717, 1.165) is 21.1 Å². The lowest BCUT2D eigenvalue weighted by molar-refractivity contribution is -0.145. The van der Waals surface area contributed by atoms with Crippen molar-refractivity contribution in [2.75, 3.05) is 7.11 Å². The zero-order valence-corrected chi connectivity index (χ0v) is 16.7. The molecule has 0 saturated carbocycles. The number of Topliss-reactive ketones (excluding diaryl/α,β-unsaturated/α-hetero) is 1. The first-order chi connectivity index (χ1) is 13.5. The third kappa shape index (κ3) is 4.83. The van der Waals surface area contributed by atoms with Gasteiger partial charge in [0.25, 0.3) is 5.89 Å². The summed E-state index contributed by atoms with van der Waals surface area (Å²) in [5, 5.41) is 3.87. The fourth-order valence-electron chi connectivity index (χ4n) is 2.64. The van der Waals surface area contributed by atoms with Gasteiger partial charge in [-0.3, -0.25) is 9.59 Å². The predicted octanol–water partition coefficient (Wildman–Crippen LogP) is 4.13. The molecule has 3 aromatic rings. The number of methoxy groups -OCH3 is 1. The molecule has 0 aliphatic rings. The first-order valence-electron chi connectivity index (χ1n) is 8.69. The monoisotopic (exact) mass is 400 g/mol. The SMILES string of the molecule is COc1ccc(-c2noc(COC(=O)CCC(=O)c3cc(C)sc3C)n2)cc1. The van der Waals surface area contributed by atoms with Crippen molar-refractivity contribution in [1.29, 1.82) is 0 Å². The van der Waals surface area contributed by atoms with Crippen LogP contribution >= 0.6 is 11.3 Å². The van der Waals surface area contributed by atoms with Gasteiger partial charge in [-0.15, -0.1) is 11.3 Å². The molecule has 7 nitrogen and oxygen atoms in total. The molecule has 2 heterocycles. The maximum Gasteiger partial charge on any atom is 0.306 e. The maximum absolute atomic E-state index is 12.2. The molecular formula is C20H20N2O5S. The van der Waals surface area contributed by atoms with Crippen LogP contribution in [0.5, 0.6) is 5.75 Å². The Labute approximate surface area is 166 Å². The second-order valence-electron chi connectivity index (χ2n) is 6.15. The highest BCUT2D eigenvalue weighted by Gasteiger charge is 2.16. The highest BCUT2D eigenvalue weighted by atomic mass is 32.1. The third-order valence-electron chi connectivity index (χ3n) is 4.07. The van der Waals surface area contributed by atoms with Crippen LogP contribution in [0.3, 0.4) is 0 Å². The molecule has 146 valence electrons. The number of thiophene rings is 1.